The molecule has 22 heavy (non-hydrogen) atoms. The maximum absolute atomic E-state index is 12.1. The Labute approximate surface area is 130 Å². The number of ether oxygens (including phenoxy) is 1. The van der Waals surface area contributed by atoms with Crippen LogP contribution in [0.3, 0.4) is 0 Å². The molecule has 0 unspecified atom stereocenters. The average molecular weight is 296 g/mol. The molecule has 0 aliphatic carbocycles. The summed E-state index contributed by atoms with van der Waals surface area (Å²) in [5, 5.41) is 0. The lowest BCUT2D eigenvalue weighted by Crippen LogP contribution is -2.11. The monoisotopic (exact) mass is 296 g/mol. The average Bonchev–Trinajstić information content (AvgIpc) is 2.56. The molecule has 0 aliphatic rings. The van der Waals surface area contributed by atoms with Crippen LogP contribution in [-0.4, -0.2) is 18.4 Å². The van der Waals surface area contributed by atoms with Crippen LogP contribution in [0.4, 0.5) is 0 Å². The van der Waals surface area contributed by atoms with Gasteiger partial charge >= 0.3 is 5.97 Å². The van der Waals surface area contributed by atoms with Gasteiger partial charge in [-0.25, -0.2) is 4.79 Å². The summed E-state index contributed by atoms with van der Waals surface area (Å²) in [4.78, 5) is 23.8. The molecule has 2 rings (SSSR count). The summed E-state index contributed by atoms with van der Waals surface area (Å²) >= 11 is 0. The minimum atomic E-state index is -0.317. The zero-order chi connectivity index (χ0) is 15.8. The second-order valence-electron chi connectivity index (χ2n) is 5.39. The van der Waals surface area contributed by atoms with Crippen molar-refractivity contribution in [1.82, 2.24) is 0 Å². The lowest BCUT2D eigenvalue weighted by Gasteiger charge is -2.11. The molecule has 0 amide bonds. The molecule has 0 bridgehead atoms. The molecule has 0 saturated heterocycles. The molecule has 0 N–H and O–H groups in total. The van der Waals surface area contributed by atoms with Gasteiger partial charge in [-0.1, -0.05) is 55.5 Å². The van der Waals surface area contributed by atoms with E-state index in [0.717, 1.165) is 5.56 Å². The molecule has 0 aromatic heterocycles. The highest BCUT2D eigenvalue weighted by Crippen LogP contribution is 2.13. The Kier molecular flexibility index (Phi) is 5.90. The van der Waals surface area contributed by atoms with E-state index in [1.54, 1.807) is 24.3 Å². The van der Waals surface area contributed by atoms with Crippen LogP contribution in [0.5, 0.6) is 0 Å². The fourth-order valence-electron chi connectivity index (χ4n) is 2.17. The van der Waals surface area contributed by atoms with Crippen LogP contribution in [0.25, 0.3) is 0 Å². The first-order valence-electron chi connectivity index (χ1n) is 7.47. The van der Waals surface area contributed by atoms with Crippen LogP contribution in [-0.2, 0) is 4.74 Å². The van der Waals surface area contributed by atoms with Crippen LogP contribution in [0.2, 0.25) is 0 Å². The van der Waals surface area contributed by atoms with E-state index < -0.39 is 0 Å². The molecule has 2 aromatic rings. The zero-order valence-corrected chi connectivity index (χ0v) is 12.7. The molecule has 2 aromatic carbocycles. The van der Waals surface area contributed by atoms with Crippen LogP contribution < -0.4 is 0 Å². The van der Waals surface area contributed by atoms with Crippen molar-refractivity contribution in [2.45, 2.75) is 19.8 Å². The Morgan fingerprint density at radius 2 is 1.45 bits per heavy atom. The number of carbonyl (C=O) groups is 2. The fourth-order valence-corrected chi connectivity index (χ4v) is 2.17. The van der Waals surface area contributed by atoms with E-state index in [2.05, 4.69) is 0 Å². The highest BCUT2D eigenvalue weighted by Gasteiger charge is 2.12. The Bertz CT molecular complexity index is 605. The predicted octanol–water partition coefficient (Wildman–Crippen LogP) is 4.14. The summed E-state index contributed by atoms with van der Waals surface area (Å²) in [5.74, 6) is -0.0130. The van der Waals surface area contributed by atoms with Gasteiger partial charge in [0.25, 0.3) is 0 Å². The van der Waals surface area contributed by atoms with Gasteiger partial charge in [0.05, 0.1) is 12.2 Å². The fraction of sp³-hybridized carbons (Fsp3) is 0.263. The van der Waals surface area contributed by atoms with Gasteiger partial charge in [0.1, 0.15) is 0 Å². The van der Waals surface area contributed by atoms with E-state index in [4.69, 9.17) is 4.74 Å². The third-order valence-corrected chi connectivity index (χ3v) is 3.48. The second-order valence-corrected chi connectivity index (χ2v) is 5.39. The topological polar surface area (TPSA) is 43.4 Å². The summed E-state index contributed by atoms with van der Waals surface area (Å²) in [6.07, 6.45) is 1.14. The normalized spacial score (nSPS) is 11.7. The lowest BCUT2D eigenvalue weighted by atomic mass is 9.97. The van der Waals surface area contributed by atoms with Crippen molar-refractivity contribution >= 4 is 11.8 Å². The summed E-state index contributed by atoms with van der Waals surface area (Å²) < 4.78 is 5.24. The van der Waals surface area contributed by atoms with E-state index in [-0.39, 0.29) is 17.7 Å². The van der Waals surface area contributed by atoms with Gasteiger partial charge in [0.15, 0.2) is 5.78 Å². The van der Waals surface area contributed by atoms with Crippen LogP contribution in [0.1, 0.15) is 40.5 Å². The molecule has 0 radical (unpaired) electrons. The van der Waals surface area contributed by atoms with Gasteiger partial charge in [0, 0.05) is 12.0 Å². The Hall–Kier alpha value is -2.42. The Balaban J connectivity index is 1.73. The summed E-state index contributed by atoms with van der Waals surface area (Å²) in [7, 11) is 0. The van der Waals surface area contributed by atoms with E-state index in [0.29, 0.717) is 25.0 Å². The lowest BCUT2D eigenvalue weighted by molar-refractivity contribution is 0.0484. The summed E-state index contributed by atoms with van der Waals surface area (Å²) in [6, 6.07) is 18.2. The van der Waals surface area contributed by atoms with E-state index in [1.165, 1.54) is 0 Å². The van der Waals surface area contributed by atoms with Crippen LogP contribution in [0.15, 0.2) is 60.7 Å². The van der Waals surface area contributed by atoms with Crippen molar-refractivity contribution in [2.75, 3.05) is 6.61 Å². The second kappa shape index (κ2) is 8.13. The molecule has 1 atom stereocenters. The van der Waals surface area contributed by atoms with Gasteiger partial charge in [-0.05, 0) is 24.5 Å². The van der Waals surface area contributed by atoms with Crippen LogP contribution >= 0.6 is 0 Å². The zero-order valence-electron chi connectivity index (χ0n) is 12.7. The van der Waals surface area contributed by atoms with E-state index in [9.17, 15) is 9.59 Å². The number of ketones is 1. The number of hydrogen-bond acceptors (Lipinski definition) is 3. The number of Topliss-reactive ketones (excluding diaryl/α,β-unsaturated/α-hetero) is 1. The third-order valence-electron chi connectivity index (χ3n) is 3.48. The number of carbonyl (C=O) groups excluding carboxylic acids is 2. The molecular weight excluding hydrogens is 276 g/mol. The minimum absolute atomic E-state index is 0.127. The van der Waals surface area contributed by atoms with Crippen molar-refractivity contribution in [3.63, 3.8) is 0 Å². The smallest absolute Gasteiger partial charge is 0.338 e. The molecule has 3 heteroatoms. The van der Waals surface area contributed by atoms with Crippen molar-refractivity contribution in [3.05, 3.63) is 71.8 Å². The van der Waals surface area contributed by atoms with Crippen molar-refractivity contribution in [1.29, 1.82) is 0 Å². The van der Waals surface area contributed by atoms with Crippen molar-refractivity contribution in [3.8, 4) is 0 Å². The molecule has 0 heterocycles. The third kappa shape index (κ3) is 4.85. The maximum Gasteiger partial charge on any atom is 0.338 e. The molecule has 3 nitrogen and oxygen atoms in total. The van der Waals surface area contributed by atoms with Crippen molar-refractivity contribution < 1.29 is 14.3 Å². The first-order valence-corrected chi connectivity index (χ1v) is 7.47. The number of rotatable bonds is 7. The number of hydrogen-bond donors (Lipinski definition) is 0. The number of benzene rings is 2. The van der Waals surface area contributed by atoms with Gasteiger partial charge in [-0.3, -0.25) is 4.79 Å². The quantitative estimate of drug-likeness (QED) is 0.569. The molecule has 0 spiro atoms. The first-order chi connectivity index (χ1) is 10.7. The van der Waals surface area contributed by atoms with Gasteiger partial charge in [-0.15, -0.1) is 0 Å². The maximum atomic E-state index is 12.1. The van der Waals surface area contributed by atoms with E-state index >= 15 is 0 Å². The Morgan fingerprint density at radius 1 is 0.909 bits per heavy atom. The number of esters is 1. The molecular formula is C19H20O3. The SMILES string of the molecule is C[C@H](CCOC(=O)c1ccccc1)CC(=O)c1ccccc1. The van der Waals surface area contributed by atoms with Gasteiger partial charge < -0.3 is 4.74 Å². The molecule has 114 valence electrons. The highest BCUT2D eigenvalue weighted by atomic mass is 16.5. The predicted molar refractivity (Wildman–Crippen MR) is 85.9 cm³/mol. The largest absolute Gasteiger partial charge is 0.462 e. The van der Waals surface area contributed by atoms with Crippen LogP contribution in [0, 0.1) is 5.92 Å². The highest BCUT2D eigenvalue weighted by molar-refractivity contribution is 5.96. The van der Waals surface area contributed by atoms with Crippen molar-refractivity contribution in [2.24, 2.45) is 5.92 Å². The Morgan fingerprint density at radius 3 is 2.05 bits per heavy atom. The first kappa shape index (κ1) is 16.0. The minimum Gasteiger partial charge on any atom is -0.462 e. The molecule has 0 aliphatic heterocycles. The van der Waals surface area contributed by atoms with Gasteiger partial charge in [0.2, 0.25) is 0 Å². The van der Waals surface area contributed by atoms with E-state index in [1.807, 2.05) is 43.3 Å². The summed E-state index contributed by atoms with van der Waals surface area (Å²) in [5.41, 5.74) is 1.28. The summed E-state index contributed by atoms with van der Waals surface area (Å²) in [6.45, 7) is 2.33. The van der Waals surface area contributed by atoms with Gasteiger partial charge in [-0.2, -0.15) is 0 Å². The molecule has 0 saturated carbocycles. The molecule has 0 fully saturated rings. The standard InChI is InChI=1S/C19H20O3/c1-15(14-18(20)16-8-4-2-5-9-16)12-13-22-19(21)17-10-6-3-7-11-17/h2-11,15H,12-14H2,1H3/t15-/m1/s1.